The Morgan fingerprint density at radius 2 is 2.22 bits per heavy atom. The second-order valence-corrected chi connectivity index (χ2v) is 6.80. The molecule has 23 heavy (non-hydrogen) atoms. The van der Waals surface area contributed by atoms with Crippen molar-refractivity contribution < 1.29 is 9.94 Å². The smallest absolute Gasteiger partial charge is 0.106 e. The van der Waals surface area contributed by atoms with Gasteiger partial charge in [0.1, 0.15) is 7.11 Å². The van der Waals surface area contributed by atoms with Gasteiger partial charge in [0.2, 0.25) is 0 Å². The fraction of sp³-hybridized carbons (Fsp3) is 0.471. The predicted octanol–water partition coefficient (Wildman–Crippen LogP) is 3.65. The highest BCUT2D eigenvalue weighted by molar-refractivity contribution is 6.42. The first-order valence-electron chi connectivity index (χ1n) is 7.76. The Hall–Kier alpha value is -1.07. The quantitative estimate of drug-likeness (QED) is 0.626. The van der Waals surface area contributed by atoms with Gasteiger partial charge in [0, 0.05) is 12.3 Å². The van der Waals surface area contributed by atoms with E-state index in [0.717, 1.165) is 31.2 Å². The number of oxime groups is 1. The van der Waals surface area contributed by atoms with Gasteiger partial charge in [-0.15, -0.1) is 0 Å². The zero-order valence-corrected chi connectivity index (χ0v) is 14.4. The van der Waals surface area contributed by atoms with Crippen LogP contribution in [0.5, 0.6) is 0 Å². The Kier molecular flexibility index (Phi) is 5.27. The van der Waals surface area contributed by atoms with Gasteiger partial charge in [0.15, 0.2) is 0 Å². The van der Waals surface area contributed by atoms with Gasteiger partial charge < -0.3 is 15.3 Å². The number of nitrogens with one attached hydrogen (secondary N) is 1. The monoisotopic (exact) mass is 354 g/mol. The summed E-state index contributed by atoms with van der Waals surface area (Å²) >= 11 is 12.2. The minimum atomic E-state index is -0.338. The van der Waals surface area contributed by atoms with Crippen LogP contribution in [0.15, 0.2) is 28.9 Å². The Balaban J connectivity index is 1.94. The van der Waals surface area contributed by atoms with Gasteiger partial charge in [0.05, 0.1) is 22.2 Å². The van der Waals surface area contributed by atoms with Crippen molar-refractivity contribution in [1.29, 1.82) is 0 Å². The number of benzene rings is 1. The van der Waals surface area contributed by atoms with E-state index in [1.807, 2.05) is 18.2 Å². The normalized spacial score (nSPS) is 27.0. The Labute approximate surface area is 146 Å². The lowest BCUT2D eigenvalue weighted by Gasteiger charge is -2.29. The van der Waals surface area contributed by atoms with Crippen molar-refractivity contribution in [3.63, 3.8) is 0 Å². The number of hydrogen-bond donors (Lipinski definition) is 2. The van der Waals surface area contributed by atoms with E-state index < -0.39 is 0 Å². The molecule has 0 amide bonds. The molecule has 2 aliphatic heterocycles. The first-order chi connectivity index (χ1) is 11.1. The summed E-state index contributed by atoms with van der Waals surface area (Å²) in [6, 6.07) is 6.07. The van der Waals surface area contributed by atoms with Crippen molar-refractivity contribution in [2.45, 2.75) is 43.9 Å². The highest BCUT2D eigenvalue weighted by Gasteiger charge is 2.40. The number of fused-ring (bicyclic) bond motifs is 2. The number of aliphatic hydroxyl groups is 1. The minimum absolute atomic E-state index is 0.00847. The minimum Gasteiger partial charge on any atom is -0.399 e. The van der Waals surface area contributed by atoms with Crippen LogP contribution in [0, 0.1) is 0 Å². The lowest BCUT2D eigenvalue weighted by atomic mass is 9.87. The van der Waals surface area contributed by atoms with Gasteiger partial charge in [-0.25, -0.2) is 0 Å². The molecular formula is C17H20Cl2N2O2. The number of nitrogens with zero attached hydrogens (tertiary/aromatic N) is 1. The highest BCUT2D eigenvalue weighted by atomic mass is 35.5. The van der Waals surface area contributed by atoms with E-state index in [9.17, 15) is 5.11 Å². The number of hydrogen-bond acceptors (Lipinski definition) is 4. The summed E-state index contributed by atoms with van der Waals surface area (Å²) in [7, 11) is 1.53. The second kappa shape index (κ2) is 7.22. The van der Waals surface area contributed by atoms with E-state index in [2.05, 4.69) is 10.5 Å². The number of rotatable bonds is 5. The van der Waals surface area contributed by atoms with E-state index in [-0.39, 0.29) is 12.1 Å². The third-order valence-electron chi connectivity index (χ3n) is 4.53. The molecule has 6 heteroatoms. The Morgan fingerprint density at radius 1 is 1.39 bits per heavy atom. The topological polar surface area (TPSA) is 53.9 Å². The summed E-state index contributed by atoms with van der Waals surface area (Å²) in [5.41, 5.74) is 3.58. The molecule has 2 aliphatic rings. The molecule has 1 saturated heterocycles. The molecule has 2 heterocycles. The lowest BCUT2D eigenvalue weighted by molar-refractivity contribution is 0.170. The van der Waals surface area contributed by atoms with Crippen LogP contribution in [0.2, 0.25) is 10.0 Å². The van der Waals surface area contributed by atoms with Crippen LogP contribution in [0.4, 0.5) is 0 Å². The van der Waals surface area contributed by atoms with Crippen molar-refractivity contribution in [3.05, 3.63) is 39.4 Å². The summed E-state index contributed by atoms with van der Waals surface area (Å²) in [5.74, 6) is 0. The molecule has 124 valence electrons. The van der Waals surface area contributed by atoms with Gasteiger partial charge in [-0.3, -0.25) is 0 Å². The Bertz CT molecular complexity index is 645. The van der Waals surface area contributed by atoms with E-state index in [0.29, 0.717) is 16.1 Å². The number of aliphatic hydroxyl groups excluding tert-OH is 1. The van der Waals surface area contributed by atoms with E-state index in [4.69, 9.17) is 28.0 Å². The zero-order chi connectivity index (χ0) is 16.4. The molecule has 1 fully saturated rings. The summed E-state index contributed by atoms with van der Waals surface area (Å²) in [6.45, 7) is 0. The average Bonchev–Trinajstić information content (AvgIpc) is 2.84. The SMILES string of the molecule is CON=CCCC1=C(c2ccc(Cl)c(Cl)c2)CC2CC(O)C1N2. The van der Waals surface area contributed by atoms with Crippen molar-refractivity contribution in [3.8, 4) is 0 Å². The summed E-state index contributed by atoms with van der Waals surface area (Å²) in [6.07, 6.45) is 4.68. The van der Waals surface area contributed by atoms with E-state index >= 15 is 0 Å². The molecule has 0 aliphatic carbocycles. The molecule has 3 atom stereocenters. The molecule has 3 unspecified atom stereocenters. The maximum absolute atomic E-state index is 10.3. The van der Waals surface area contributed by atoms with Crippen LogP contribution in [0.25, 0.3) is 5.57 Å². The molecule has 0 saturated carbocycles. The Morgan fingerprint density at radius 3 is 2.96 bits per heavy atom. The first kappa shape index (κ1) is 16.8. The molecule has 2 bridgehead atoms. The second-order valence-electron chi connectivity index (χ2n) is 5.99. The third-order valence-corrected chi connectivity index (χ3v) is 5.27. The van der Waals surface area contributed by atoms with Crippen LogP contribution in [0.3, 0.4) is 0 Å². The summed E-state index contributed by atoms with van der Waals surface area (Å²) in [4.78, 5) is 4.71. The van der Waals surface area contributed by atoms with Crippen molar-refractivity contribution >= 4 is 35.0 Å². The molecular weight excluding hydrogens is 335 g/mol. The fourth-order valence-electron chi connectivity index (χ4n) is 3.54. The molecule has 1 aromatic rings. The zero-order valence-electron chi connectivity index (χ0n) is 12.9. The van der Waals surface area contributed by atoms with Crippen molar-refractivity contribution in [1.82, 2.24) is 5.32 Å². The fourth-order valence-corrected chi connectivity index (χ4v) is 3.84. The molecule has 4 nitrogen and oxygen atoms in total. The average molecular weight is 355 g/mol. The molecule has 2 N–H and O–H groups in total. The molecule has 3 rings (SSSR count). The van der Waals surface area contributed by atoms with Crippen LogP contribution in [0.1, 0.15) is 31.2 Å². The van der Waals surface area contributed by atoms with Gasteiger partial charge in [-0.2, -0.15) is 0 Å². The van der Waals surface area contributed by atoms with Gasteiger partial charge in [-0.1, -0.05) is 34.4 Å². The molecule has 0 spiro atoms. The summed E-state index contributed by atoms with van der Waals surface area (Å²) in [5, 5.41) is 18.8. The van der Waals surface area contributed by atoms with Crippen LogP contribution < -0.4 is 5.32 Å². The van der Waals surface area contributed by atoms with E-state index in [1.165, 1.54) is 18.3 Å². The first-order valence-corrected chi connectivity index (χ1v) is 8.52. The predicted molar refractivity (Wildman–Crippen MR) is 94.1 cm³/mol. The van der Waals surface area contributed by atoms with Crippen LogP contribution in [-0.4, -0.2) is 36.6 Å². The van der Waals surface area contributed by atoms with E-state index in [1.54, 1.807) is 6.21 Å². The third kappa shape index (κ3) is 3.56. The van der Waals surface area contributed by atoms with Crippen molar-refractivity contribution in [2.24, 2.45) is 5.16 Å². The number of halogens is 2. The van der Waals surface area contributed by atoms with Crippen molar-refractivity contribution in [2.75, 3.05) is 7.11 Å². The maximum atomic E-state index is 10.3. The standard InChI is InChI=1S/C17H20Cl2N2O2/c1-23-20-6-2-3-12-13(8-11-9-16(22)17(12)21-11)10-4-5-14(18)15(19)7-10/h4-7,11,16-17,21-22H,2-3,8-9H2,1H3. The molecule has 0 radical (unpaired) electrons. The van der Waals surface area contributed by atoms with Gasteiger partial charge in [-0.05, 0) is 54.5 Å². The van der Waals surface area contributed by atoms with Gasteiger partial charge in [0.25, 0.3) is 0 Å². The highest BCUT2D eigenvalue weighted by Crippen LogP contribution is 2.40. The largest absolute Gasteiger partial charge is 0.399 e. The molecule has 1 aromatic carbocycles. The maximum Gasteiger partial charge on any atom is 0.106 e. The summed E-state index contributed by atoms with van der Waals surface area (Å²) < 4.78 is 0. The van der Waals surface area contributed by atoms with Crippen LogP contribution in [-0.2, 0) is 4.84 Å². The molecule has 0 aromatic heterocycles. The van der Waals surface area contributed by atoms with Crippen LogP contribution >= 0.6 is 23.2 Å². The lowest BCUT2D eigenvalue weighted by Crippen LogP contribution is -2.39. The van der Waals surface area contributed by atoms with Gasteiger partial charge >= 0.3 is 0 Å².